The molecule has 0 unspecified atom stereocenters. The molecule has 1 fully saturated rings. The molecule has 2 atom stereocenters. The summed E-state index contributed by atoms with van der Waals surface area (Å²) in [6, 6.07) is 7.76. The van der Waals surface area contributed by atoms with Gasteiger partial charge < -0.3 is 19.8 Å². The number of aliphatic carboxylic acids is 1. The van der Waals surface area contributed by atoms with Gasteiger partial charge in [0, 0.05) is 25.8 Å². The molecule has 1 aromatic rings. The third-order valence-corrected chi connectivity index (χ3v) is 5.12. The van der Waals surface area contributed by atoms with Gasteiger partial charge >= 0.3 is 5.97 Å². The molecular weight excluding hydrogens is 370 g/mol. The van der Waals surface area contributed by atoms with E-state index in [9.17, 15) is 14.7 Å². The van der Waals surface area contributed by atoms with Crippen LogP contribution >= 0.6 is 0 Å². The second-order valence-corrected chi connectivity index (χ2v) is 7.49. The van der Waals surface area contributed by atoms with Crippen molar-refractivity contribution >= 4 is 11.9 Å². The lowest BCUT2D eigenvalue weighted by molar-refractivity contribution is -0.137. The van der Waals surface area contributed by atoms with Gasteiger partial charge in [-0.2, -0.15) is 0 Å². The van der Waals surface area contributed by atoms with Gasteiger partial charge in [0.2, 0.25) is 5.91 Å². The lowest BCUT2D eigenvalue weighted by atomic mass is 10.1. The highest BCUT2D eigenvalue weighted by molar-refractivity contribution is 5.79. The van der Waals surface area contributed by atoms with E-state index < -0.39 is 12.1 Å². The number of carbonyl (C=O) groups excluding carboxylic acids is 1. The van der Waals surface area contributed by atoms with E-state index in [1.807, 2.05) is 42.2 Å². The standard InChI is InChI=1S/C23H33NO5/c1-2-29-21-9-7-8-18(17-21)16-20(25)13-11-19-12-14-22(26)24(19)15-6-4-3-5-10-23(27)28/h7-9,11,13,17,19-20,25H,2-6,10,12,14-16H2,1H3,(H,27,28)/b13-11+/t19-,20+/m0/s1. The normalized spacial score (nSPS) is 17.8. The molecule has 0 saturated carbocycles. The monoisotopic (exact) mass is 403 g/mol. The maximum atomic E-state index is 12.2. The number of unbranched alkanes of at least 4 members (excludes halogenated alkanes) is 3. The lowest BCUT2D eigenvalue weighted by Crippen LogP contribution is -2.32. The average Bonchev–Trinajstić information content (AvgIpc) is 3.03. The number of likely N-dealkylation sites (tertiary alicyclic amines) is 1. The summed E-state index contributed by atoms with van der Waals surface area (Å²) in [7, 11) is 0. The zero-order valence-corrected chi connectivity index (χ0v) is 17.3. The Kier molecular flexibility index (Phi) is 9.71. The first kappa shape index (κ1) is 22.9. The number of benzene rings is 1. The third-order valence-electron chi connectivity index (χ3n) is 5.12. The molecule has 0 radical (unpaired) electrons. The fourth-order valence-electron chi connectivity index (χ4n) is 3.65. The average molecular weight is 404 g/mol. The minimum Gasteiger partial charge on any atom is -0.494 e. The third kappa shape index (κ3) is 8.28. The molecule has 6 nitrogen and oxygen atoms in total. The van der Waals surface area contributed by atoms with Crippen LogP contribution < -0.4 is 4.74 Å². The number of carboxylic acid groups (broad SMARTS) is 1. The Morgan fingerprint density at radius 3 is 2.86 bits per heavy atom. The van der Waals surface area contributed by atoms with E-state index in [2.05, 4.69) is 0 Å². The number of nitrogens with zero attached hydrogens (tertiary/aromatic N) is 1. The van der Waals surface area contributed by atoms with Gasteiger partial charge in [-0.3, -0.25) is 9.59 Å². The van der Waals surface area contributed by atoms with Crippen LogP contribution in [-0.2, 0) is 16.0 Å². The second kappa shape index (κ2) is 12.3. The van der Waals surface area contributed by atoms with Crippen molar-refractivity contribution in [3.05, 3.63) is 42.0 Å². The highest BCUT2D eigenvalue weighted by Gasteiger charge is 2.28. The fraction of sp³-hybridized carbons (Fsp3) is 0.565. The predicted molar refractivity (Wildman–Crippen MR) is 112 cm³/mol. The maximum Gasteiger partial charge on any atom is 0.303 e. The number of ether oxygens (including phenoxy) is 1. The quantitative estimate of drug-likeness (QED) is 0.388. The summed E-state index contributed by atoms with van der Waals surface area (Å²) in [5, 5.41) is 19.0. The van der Waals surface area contributed by atoms with Gasteiger partial charge in [-0.25, -0.2) is 0 Å². The van der Waals surface area contributed by atoms with Crippen LogP contribution in [0.5, 0.6) is 5.75 Å². The number of rotatable bonds is 13. The molecule has 6 heteroatoms. The molecule has 1 aliphatic heterocycles. The first-order chi connectivity index (χ1) is 14.0. The van der Waals surface area contributed by atoms with Crippen LogP contribution in [0.1, 0.15) is 57.4 Å². The number of amides is 1. The SMILES string of the molecule is CCOc1cccc(C[C@H](O)/C=C/[C@H]2CCC(=O)N2CCCCCCC(=O)O)c1. The summed E-state index contributed by atoms with van der Waals surface area (Å²) in [5.41, 5.74) is 1.01. The van der Waals surface area contributed by atoms with E-state index in [0.29, 0.717) is 32.4 Å². The van der Waals surface area contributed by atoms with E-state index >= 15 is 0 Å². The summed E-state index contributed by atoms with van der Waals surface area (Å²) < 4.78 is 5.50. The summed E-state index contributed by atoms with van der Waals surface area (Å²) in [6.45, 7) is 3.24. The van der Waals surface area contributed by atoms with Gasteiger partial charge in [-0.05, 0) is 43.9 Å². The Morgan fingerprint density at radius 1 is 1.31 bits per heavy atom. The van der Waals surface area contributed by atoms with Crippen LogP contribution in [0.25, 0.3) is 0 Å². The Labute approximate surface area is 173 Å². The zero-order valence-electron chi connectivity index (χ0n) is 17.3. The van der Waals surface area contributed by atoms with Crippen molar-refractivity contribution in [2.24, 2.45) is 0 Å². The van der Waals surface area contributed by atoms with Crippen LogP contribution in [-0.4, -0.2) is 52.3 Å². The molecular formula is C23H33NO5. The summed E-state index contributed by atoms with van der Waals surface area (Å²) >= 11 is 0. The summed E-state index contributed by atoms with van der Waals surface area (Å²) in [4.78, 5) is 24.6. The van der Waals surface area contributed by atoms with Gasteiger partial charge in [0.05, 0.1) is 18.8 Å². The predicted octanol–water partition coefficient (Wildman–Crippen LogP) is 3.57. The van der Waals surface area contributed by atoms with Gasteiger partial charge in [0.1, 0.15) is 5.75 Å². The number of hydrogen-bond donors (Lipinski definition) is 2. The Hall–Kier alpha value is -2.34. The molecule has 1 saturated heterocycles. The fourth-order valence-corrected chi connectivity index (χ4v) is 3.65. The molecule has 0 spiro atoms. The first-order valence-corrected chi connectivity index (χ1v) is 10.6. The number of aliphatic hydroxyl groups excluding tert-OH is 1. The summed E-state index contributed by atoms with van der Waals surface area (Å²) in [6.07, 6.45) is 8.51. The van der Waals surface area contributed by atoms with E-state index in [1.54, 1.807) is 6.08 Å². The number of aliphatic hydroxyl groups is 1. The summed E-state index contributed by atoms with van der Waals surface area (Å²) in [5.74, 6) is 0.203. The van der Waals surface area contributed by atoms with Gasteiger partial charge in [0.25, 0.3) is 0 Å². The number of carboxylic acids is 1. The van der Waals surface area contributed by atoms with E-state index in [1.165, 1.54) is 0 Å². The van der Waals surface area contributed by atoms with Crippen molar-refractivity contribution in [1.29, 1.82) is 0 Å². The second-order valence-electron chi connectivity index (χ2n) is 7.49. The van der Waals surface area contributed by atoms with Crippen molar-refractivity contribution in [2.75, 3.05) is 13.2 Å². The van der Waals surface area contributed by atoms with Crippen molar-refractivity contribution in [3.8, 4) is 5.75 Å². The molecule has 160 valence electrons. The Bertz CT molecular complexity index is 688. The first-order valence-electron chi connectivity index (χ1n) is 10.6. The van der Waals surface area contributed by atoms with E-state index in [0.717, 1.165) is 37.0 Å². The largest absolute Gasteiger partial charge is 0.494 e. The minimum atomic E-state index is -0.756. The van der Waals surface area contributed by atoms with Crippen molar-refractivity contribution in [2.45, 2.75) is 70.4 Å². The van der Waals surface area contributed by atoms with Crippen LogP contribution in [0.4, 0.5) is 0 Å². The molecule has 1 aliphatic rings. The molecule has 0 aromatic heterocycles. The van der Waals surface area contributed by atoms with Crippen molar-refractivity contribution < 1.29 is 24.5 Å². The highest BCUT2D eigenvalue weighted by atomic mass is 16.5. The number of hydrogen-bond acceptors (Lipinski definition) is 4. The molecule has 1 heterocycles. The molecule has 2 rings (SSSR count). The molecule has 2 N–H and O–H groups in total. The molecule has 29 heavy (non-hydrogen) atoms. The van der Waals surface area contributed by atoms with Gasteiger partial charge in [0.15, 0.2) is 0 Å². The van der Waals surface area contributed by atoms with Crippen LogP contribution in [0.15, 0.2) is 36.4 Å². The minimum absolute atomic E-state index is 0.0333. The van der Waals surface area contributed by atoms with Gasteiger partial charge in [-0.1, -0.05) is 37.1 Å². The molecule has 1 aromatic carbocycles. The topological polar surface area (TPSA) is 87.1 Å². The van der Waals surface area contributed by atoms with Crippen molar-refractivity contribution in [3.63, 3.8) is 0 Å². The van der Waals surface area contributed by atoms with Gasteiger partial charge in [-0.15, -0.1) is 0 Å². The lowest BCUT2D eigenvalue weighted by Gasteiger charge is -2.22. The maximum absolute atomic E-state index is 12.2. The zero-order chi connectivity index (χ0) is 21.1. The molecule has 1 amide bonds. The van der Waals surface area contributed by atoms with E-state index in [4.69, 9.17) is 9.84 Å². The van der Waals surface area contributed by atoms with Crippen LogP contribution in [0.2, 0.25) is 0 Å². The highest BCUT2D eigenvalue weighted by Crippen LogP contribution is 2.21. The molecule has 0 aliphatic carbocycles. The Balaban J connectivity index is 1.79. The number of carbonyl (C=O) groups is 2. The van der Waals surface area contributed by atoms with Crippen LogP contribution in [0, 0.1) is 0 Å². The van der Waals surface area contributed by atoms with Crippen molar-refractivity contribution in [1.82, 2.24) is 4.90 Å². The molecule has 0 bridgehead atoms. The van der Waals surface area contributed by atoms with E-state index in [-0.39, 0.29) is 18.4 Å². The smallest absolute Gasteiger partial charge is 0.303 e. The van der Waals surface area contributed by atoms with Crippen LogP contribution in [0.3, 0.4) is 0 Å². The Morgan fingerprint density at radius 2 is 2.10 bits per heavy atom.